The van der Waals surface area contributed by atoms with Crippen LogP contribution in [0.4, 0.5) is 10.8 Å². The van der Waals surface area contributed by atoms with Crippen molar-refractivity contribution in [2.24, 2.45) is 0 Å². The van der Waals surface area contributed by atoms with E-state index < -0.39 is 10.8 Å². The van der Waals surface area contributed by atoms with Crippen LogP contribution in [0.15, 0.2) is 29.8 Å². The van der Waals surface area contributed by atoms with Gasteiger partial charge < -0.3 is 4.74 Å². The summed E-state index contributed by atoms with van der Waals surface area (Å²) in [7, 11) is 0. The van der Waals surface area contributed by atoms with Gasteiger partial charge in [-0.1, -0.05) is 26.2 Å². The van der Waals surface area contributed by atoms with Crippen molar-refractivity contribution >= 4 is 28.1 Å². The Morgan fingerprint density at radius 3 is 2.88 bits per heavy atom. The third-order valence-corrected chi connectivity index (χ3v) is 4.01. The van der Waals surface area contributed by atoms with Crippen LogP contribution in [0.2, 0.25) is 0 Å². The summed E-state index contributed by atoms with van der Waals surface area (Å²) in [5.41, 5.74) is -0.0208. The summed E-state index contributed by atoms with van der Waals surface area (Å²) in [4.78, 5) is 26.8. The molecule has 0 spiro atoms. The number of anilines is 1. The van der Waals surface area contributed by atoms with Crippen LogP contribution in [0, 0.1) is 10.1 Å². The Kier molecular flexibility index (Phi) is 6.68. The average molecular weight is 349 g/mol. The molecule has 0 radical (unpaired) electrons. The summed E-state index contributed by atoms with van der Waals surface area (Å²) in [5, 5.41) is 16.0. The Bertz CT molecular complexity index is 689. The Balaban J connectivity index is 2.05. The monoisotopic (exact) mass is 349 g/mol. The molecule has 0 aliphatic heterocycles. The Morgan fingerprint density at radius 2 is 2.21 bits per heavy atom. The molecule has 0 saturated carbocycles. The number of benzene rings is 1. The van der Waals surface area contributed by atoms with Crippen LogP contribution in [-0.2, 0) is 0 Å². The molecule has 1 aromatic heterocycles. The fourth-order valence-electron chi connectivity index (χ4n) is 2.09. The number of ether oxygens (including phenoxy) is 1. The molecule has 1 heterocycles. The number of hydrogen-bond donors (Lipinski definition) is 1. The maximum absolute atomic E-state index is 12.1. The topological polar surface area (TPSA) is 94.4 Å². The van der Waals surface area contributed by atoms with E-state index in [0.29, 0.717) is 11.7 Å². The lowest BCUT2D eigenvalue weighted by molar-refractivity contribution is -0.385. The molecule has 0 aliphatic carbocycles. The highest BCUT2D eigenvalue weighted by molar-refractivity contribution is 7.13. The molecular formula is C16H19N3O4S. The normalized spacial score (nSPS) is 10.4. The molecule has 2 aromatic rings. The highest BCUT2D eigenvalue weighted by atomic mass is 32.1. The van der Waals surface area contributed by atoms with Gasteiger partial charge in [0.05, 0.1) is 11.5 Å². The predicted molar refractivity (Wildman–Crippen MR) is 92.8 cm³/mol. The minimum atomic E-state index is -0.540. The van der Waals surface area contributed by atoms with Gasteiger partial charge in [0.1, 0.15) is 0 Å². The van der Waals surface area contributed by atoms with Crippen molar-refractivity contribution in [1.29, 1.82) is 0 Å². The van der Waals surface area contributed by atoms with E-state index in [1.807, 2.05) is 0 Å². The molecule has 0 unspecified atom stereocenters. The SMILES string of the molecule is CCCCCCOc1ccc(C(=O)Nc2nccs2)cc1[N+](=O)[O-]. The second kappa shape index (κ2) is 8.97. The number of nitro benzene ring substituents is 1. The zero-order valence-corrected chi connectivity index (χ0v) is 14.2. The highest BCUT2D eigenvalue weighted by Gasteiger charge is 2.19. The summed E-state index contributed by atoms with van der Waals surface area (Å²) < 4.78 is 5.50. The number of carbonyl (C=O) groups excluding carboxylic acids is 1. The number of nitrogens with zero attached hydrogens (tertiary/aromatic N) is 2. The number of rotatable bonds is 9. The van der Waals surface area contributed by atoms with E-state index in [0.717, 1.165) is 25.7 Å². The Hall–Kier alpha value is -2.48. The number of nitro groups is 1. The summed E-state index contributed by atoms with van der Waals surface area (Å²) in [6, 6.07) is 4.20. The molecular weight excluding hydrogens is 330 g/mol. The maximum atomic E-state index is 12.1. The number of amides is 1. The molecule has 24 heavy (non-hydrogen) atoms. The van der Waals surface area contributed by atoms with Crippen molar-refractivity contribution in [3.05, 3.63) is 45.5 Å². The summed E-state index contributed by atoms with van der Waals surface area (Å²) >= 11 is 1.28. The van der Waals surface area contributed by atoms with Crippen molar-refractivity contribution in [2.45, 2.75) is 32.6 Å². The van der Waals surface area contributed by atoms with Crippen molar-refractivity contribution in [3.63, 3.8) is 0 Å². The van der Waals surface area contributed by atoms with E-state index in [2.05, 4.69) is 17.2 Å². The smallest absolute Gasteiger partial charge is 0.311 e. The molecule has 1 N–H and O–H groups in total. The zero-order chi connectivity index (χ0) is 17.4. The third kappa shape index (κ3) is 5.02. The molecule has 1 aromatic carbocycles. The highest BCUT2D eigenvalue weighted by Crippen LogP contribution is 2.28. The molecule has 0 fully saturated rings. The van der Waals surface area contributed by atoms with Gasteiger partial charge in [-0.3, -0.25) is 20.2 Å². The van der Waals surface area contributed by atoms with Crippen molar-refractivity contribution < 1.29 is 14.5 Å². The molecule has 7 nitrogen and oxygen atoms in total. The van der Waals surface area contributed by atoms with Gasteiger partial charge in [-0.15, -0.1) is 11.3 Å². The van der Waals surface area contributed by atoms with E-state index in [1.54, 1.807) is 11.6 Å². The fraction of sp³-hybridized carbons (Fsp3) is 0.375. The zero-order valence-electron chi connectivity index (χ0n) is 13.4. The van der Waals surface area contributed by atoms with E-state index >= 15 is 0 Å². The molecule has 0 aliphatic rings. The molecule has 0 saturated heterocycles. The minimum absolute atomic E-state index is 0.183. The van der Waals surface area contributed by atoms with Crippen LogP contribution >= 0.6 is 11.3 Å². The van der Waals surface area contributed by atoms with Gasteiger partial charge in [-0.05, 0) is 18.6 Å². The van der Waals surface area contributed by atoms with Crippen LogP contribution in [0.1, 0.15) is 43.0 Å². The number of unbranched alkanes of at least 4 members (excludes halogenated alkanes) is 3. The van der Waals surface area contributed by atoms with Crippen LogP contribution in [-0.4, -0.2) is 22.4 Å². The largest absolute Gasteiger partial charge is 0.487 e. The van der Waals surface area contributed by atoms with Gasteiger partial charge in [-0.25, -0.2) is 4.98 Å². The van der Waals surface area contributed by atoms with Gasteiger partial charge in [-0.2, -0.15) is 0 Å². The fourth-order valence-corrected chi connectivity index (χ4v) is 2.61. The lowest BCUT2D eigenvalue weighted by Crippen LogP contribution is -2.12. The predicted octanol–water partition coefficient (Wildman–Crippen LogP) is 4.26. The van der Waals surface area contributed by atoms with Gasteiger partial charge in [0.2, 0.25) is 0 Å². The van der Waals surface area contributed by atoms with E-state index in [-0.39, 0.29) is 17.0 Å². The summed E-state index contributed by atoms with van der Waals surface area (Å²) in [5.74, 6) is -0.259. The number of nitrogens with one attached hydrogen (secondary N) is 1. The quantitative estimate of drug-likeness (QED) is 0.414. The minimum Gasteiger partial charge on any atom is -0.487 e. The molecule has 1 amide bonds. The number of carbonyl (C=O) groups is 1. The third-order valence-electron chi connectivity index (χ3n) is 3.33. The van der Waals surface area contributed by atoms with E-state index in [4.69, 9.17) is 4.74 Å². The molecule has 0 bridgehead atoms. The van der Waals surface area contributed by atoms with Crippen LogP contribution in [0.25, 0.3) is 0 Å². The molecule has 2 rings (SSSR count). The van der Waals surface area contributed by atoms with Crippen LogP contribution in [0.5, 0.6) is 5.75 Å². The van der Waals surface area contributed by atoms with Gasteiger partial charge in [0.15, 0.2) is 10.9 Å². The van der Waals surface area contributed by atoms with Gasteiger partial charge in [0, 0.05) is 23.2 Å². The van der Waals surface area contributed by atoms with Crippen molar-refractivity contribution in [3.8, 4) is 5.75 Å². The molecule has 0 atom stereocenters. The molecule has 128 valence electrons. The standard InChI is InChI=1S/C16H19N3O4S/c1-2-3-4-5-9-23-14-7-6-12(11-13(14)19(21)22)15(20)18-16-17-8-10-24-16/h6-8,10-11H,2-5,9H2,1H3,(H,17,18,20). The second-order valence-electron chi connectivity index (χ2n) is 5.14. The average Bonchev–Trinajstić information content (AvgIpc) is 3.07. The van der Waals surface area contributed by atoms with Gasteiger partial charge in [0.25, 0.3) is 5.91 Å². The number of hydrogen-bond acceptors (Lipinski definition) is 6. The van der Waals surface area contributed by atoms with Gasteiger partial charge >= 0.3 is 5.69 Å². The second-order valence-corrected chi connectivity index (χ2v) is 6.03. The first-order chi connectivity index (χ1) is 11.6. The molecule has 8 heteroatoms. The lowest BCUT2D eigenvalue weighted by atomic mass is 10.1. The number of thiazole rings is 1. The van der Waals surface area contributed by atoms with E-state index in [1.165, 1.54) is 29.5 Å². The van der Waals surface area contributed by atoms with Crippen LogP contribution < -0.4 is 10.1 Å². The first-order valence-electron chi connectivity index (χ1n) is 7.74. The lowest BCUT2D eigenvalue weighted by Gasteiger charge is -2.08. The summed E-state index contributed by atoms with van der Waals surface area (Å²) in [6.07, 6.45) is 5.67. The first kappa shape index (κ1) is 17.9. The number of aromatic nitrogens is 1. The first-order valence-corrected chi connectivity index (χ1v) is 8.62. The summed E-state index contributed by atoms with van der Waals surface area (Å²) in [6.45, 7) is 2.53. The Labute approximate surface area is 143 Å². The maximum Gasteiger partial charge on any atom is 0.311 e. The van der Waals surface area contributed by atoms with E-state index in [9.17, 15) is 14.9 Å². The van der Waals surface area contributed by atoms with Crippen molar-refractivity contribution in [2.75, 3.05) is 11.9 Å². The Morgan fingerprint density at radius 1 is 1.38 bits per heavy atom. The van der Waals surface area contributed by atoms with Crippen LogP contribution in [0.3, 0.4) is 0 Å². The van der Waals surface area contributed by atoms with Crippen molar-refractivity contribution in [1.82, 2.24) is 4.98 Å².